The molecule has 1 aliphatic heterocycles. The number of unbranched alkanes of at least 4 members (excludes halogenated alkanes) is 6. The van der Waals surface area contributed by atoms with Gasteiger partial charge in [0.05, 0.1) is 6.04 Å². The molecule has 7 heteroatoms. The van der Waals surface area contributed by atoms with Crippen LogP contribution in [0.4, 0.5) is 0 Å². The molecule has 0 saturated carbocycles. The zero-order valence-electron chi connectivity index (χ0n) is 20.9. The lowest BCUT2D eigenvalue weighted by Gasteiger charge is -2.23. The minimum atomic E-state index is -0.0717. The fraction of sp³-hybridized carbons (Fsp3) is 0.630. The minimum Gasteiger partial charge on any atom is -0.343 e. The van der Waals surface area contributed by atoms with Gasteiger partial charge in [-0.15, -0.1) is 11.3 Å². The Bertz CT molecular complexity index is 946. The van der Waals surface area contributed by atoms with Crippen molar-refractivity contribution in [2.75, 3.05) is 6.54 Å². The first-order valence-corrected chi connectivity index (χ1v) is 14.0. The number of amides is 1. The van der Waals surface area contributed by atoms with Gasteiger partial charge in [0, 0.05) is 17.6 Å². The van der Waals surface area contributed by atoms with Crippen LogP contribution < -0.4 is 10.6 Å². The Labute approximate surface area is 208 Å². The Hall–Kier alpha value is -1.80. The van der Waals surface area contributed by atoms with Crippen LogP contribution in [0.25, 0.3) is 0 Å². The molecule has 1 saturated heterocycles. The van der Waals surface area contributed by atoms with Gasteiger partial charge in [-0.05, 0) is 49.3 Å². The monoisotopic (exact) mass is 484 g/mol. The largest absolute Gasteiger partial charge is 0.343 e. The lowest BCUT2D eigenvalue weighted by atomic mass is 10.0. The number of rotatable bonds is 12. The van der Waals surface area contributed by atoms with Gasteiger partial charge in [-0.25, -0.2) is 4.98 Å². The predicted octanol–water partition coefficient (Wildman–Crippen LogP) is 6.19. The molecule has 186 valence electrons. The molecule has 2 N–H and O–H groups in total. The van der Waals surface area contributed by atoms with Crippen molar-refractivity contribution in [2.24, 2.45) is 0 Å². The second-order valence-corrected chi connectivity index (χ2v) is 10.9. The number of aromatic nitrogens is 1. The van der Waals surface area contributed by atoms with Gasteiger partial charge in [-0.3, -0.25) is 14.9 Å². The minimum absolute atomic E-state index is 0.0562. The fourth-order valence-electron chi connectivity index (χ4n) is 5.01. The molecule has 1 amide bonds. The molecule has 34 heavy (non-hydrogen) atoms. The van der Waals surface area contributed by atoms with Gasteiger partial charge in [-0.2, -0.15) is 5.06 Å². The van der Waals surface area contributed by atoms with Crippen molar-refractivity contribution in [3.63, 3.8) is 0 Å². The Kier molecular flexibility index (Phi) is 9.11. The number of fused-ring (bicyclic) bond motifs is 1. The van der Waals surface area contributed by atoms with Crippen molar-refractivity contribution in [2.45, 2.75) is 103 Å². The van der Waals surface area contributed by atoms with Gasteiger partial charge in [0.15, 0.2) is 5.01 Å². The third-order valence-corrected chi connectivity index (χ3v) is 7.84. The number of benzene rings is 1. The Balaban J connectivity index is 1.36. The molecule has 2 heterocycles. The van der Waals surface area contributed by atoms with E-state index in [1.54, 1.807) is 6.20 Å². The molecule has 2 aliphatic rings. The normalized spacial score (nSPS) is 22.3. The highest BCUT2D eigenvalue weighted by Gasteiger charge is 2.34. The number of carbonyl (C=O) groups excluding carboxylic acids is 1. The highest BCUT2D eigenvalue weighted by atomic mass is 32.1. The van der Waals surface area contributed by atoms with Gasteiger partial charge in [0.1, 0.15) is 12.4 Å². The van der Waals surface area contributed by atoms with E-state index in [0.29, 0.717) is 5.01 Å². The van der Waals surface area contributed by atoms with Crippen molar-refractivity contribution < 1.29 is 9.63 Å². The molecule has 0 radical (unpaired) electrons. The highest BCUT2D eigenvalue weighted by molar-refractivity contribution is 7.13. The van der Waals surface area contributed by atoms with Crippen LogP contribution in [-0.2, 0) is 11.3 Å². The molecule has 2 aromatic rings. The zero-order chi connectivity index (χ0) is 23.9. The lowest BCUT2D eigenvalue weighted by Crippen LogP contribution is -2.29. The molecule has 4 rings (SSSR count). The summed E-state index contributed by atoms with van der Waals surface area (Å²) in [5, 5.41) is 9.55. The van der Waals surface area contributed by atoms with Crippen LogP contribution in [0.5, 0.6) is 0 Å². The van der Waals surface area contributed by atoms with E-state index in [1.165, 1.54) is 66.6 Å². The molecule has 1 aromatic heterocycles. The maximum atomic E-state index is 12.6. The molecule has 1 aromatic carbocycles. The summed E-state index contributed by atoms with van der Waals surface area (Å²) >= 11 is 1.44. The van der Waals surface area contributed by atoms with E-state index in [9.17, 15) is 4.79 Å². The molecule has 3 atom stereocenters. The van der Waals surface area contributed by atoms with Crippen LogP contribution in [0, 0.1) is 6.92 Å². The second-order valence-electron chi connectivity index (χ2n) is 9.63. The Morgan fingerprint density at radius 2 is 2.00 bits per heavy atom. The summed E-state index contributed by atoms with van der Waals surface area (Å²) in [5.74, 6) is -0.0717. The first-order valence-electron chi connectivity index (χ1n) is 13.1. The number of hydrogen-bond acceptors (Lipinski definition) is 6. The van der Waals surface area contributed by atoms with Gasteiger partial charge in [0.2, 0.25) is 0 Å². The number of nitrogens with one attached hydrogen (secondary N) is 2. The zero-order valence-corrected chi connectivity index (χ0v) is 21.8. The maximum absolute atomic E-state index is 12.6. The van der Waals surface area contributed by atoms with Gasteiger partial charge in [-0.1, -0.05) is 70.6 Å². The quantitative estimate of drug-likeness (QED) is 0.352. The number of carbonyl (C=O) groups is 1. The summed E-state index contributed by atoms with van der Waals surface area (Å²) in [6, 6.07) is 6.77. The van der Waals surface area contributed by atoms with Crippen LogP contribution in [0.1, 0.15) is 115 Å². The van der Waals surface area contributed by atoms with E-state index in [1.807, 2.05) is 6.92 Å². The number of hydroxylamine groups is 2. The molecular weight excluding hydrogens is 444 g/mol. The summed E-state index contributed by atoms with van der Waals surface area (Å²) in [7, 11) is 0. The fourth-order valence-corrected chi connectivity index (χ4v) is 5.68. The number of hydrogen-bond donors (Lipinski definition) is 2. The summed E-state index contributed by atoms with van der Waals surface area (Å²) in [6.45, 7) is 7.35. The molecule has 0 spiro atoms. The molecule has 6 nitrogen and oxygen atoms in total. The summed E-state index contributed by atoms with van der Waals surface area (Å²) in [4.78, 5) is 24.1. The smallest absolute Gasteiger partial charge is 0.280 e. The molecule has 1 aliphatic carbocycles. The van der Waals surface area contributed by atoms with Crippen molar-refractivity contribution in [3.05, 3.63) is 51.0 Å². The topological polar surface area (TPSA) is 66.5 Å². The highest BCUT2D eigenvalue weighted by Crippen LogP contribution is 2.35. The van der Waals surface area contributed by atoms with Gasteiger partial charge < -0.3 is 5.32 Å². The third kappa shape index (κ3) is 6.25. The standard InChI is InChI=1S/C27H40N4O2S/c1-4-6-7-8-9-10-11-16-31-25(30-24(5-2)33-31)21-12-14-22-20(17-21)13-15-23(22)29-26(32)27-28-18-19(3)34-27/h12,14,17-18,23-25,30H,4-11,13,15-16H2,1-3H3,(H,29,32)/t23-,24?,25?/m1/s1. The lowest BCUT2D eigenvalue weighted by molar-refractivity contribution is -0.164. The average Bonchev–Trinajstić information content (AvgIpc) is 3.56. The predicted molar refractivity (Wildman–Crippen MR) is 138 cm³/mol. The number of thiazole rings is 1. The number of aryl methyl sites for hydroxylation is 2. The third-order valence-electron chi connectivity index (χ3n) is 6.93. The number of nitrogens with zero attached hydrogens (tertiary/aromatic N) is 2. The van der Waals surface area contributed by atoms with Crippen molar-refractivity contribution in [1.82, 2.24) is 20.7 Å². The first kappa shape index (κ1) is 25.3. The maximum Gasteiger partial charge on any atom is 0.280 e. The van der Waals surface area contributed by atoms with Gasteiger partial charge >= 0.3 is 0 Å². The van der Waals surface area contributed by atoms with Crippen molar-refractivity contribution >= 4 is 17.2 Å². The first-order chi connectivity index (χ1) is 16.6. The van der Waals surface area contributed by atoms with E-state index >= 15 is 0 Å². The van der Waals surface area contributed by atoms with Gasteiger partial charge in [0.25, 0.3) is 5.91 Å². The van der Waals surface area contributed by atoms with Crippen LogP contribution in [0.3, 0.4) is 0 Å². The van der Waals surface area contributed by atoms with E-state index in [-0.39, 0.29) is 24.3 Å². The average molecular weight is 485 g/mol. The Morgan fingerprint density at radius 1 is 1.21 bits per heavy atom. The van der Waals surface area contributed by atoms with E-state index < -0.39 is 0 Å². The van der Waals surface area contributed by atoms with Crippen LogP contribution in [-0.4, -0.2) is 28.7 Å². The summed E-state index contributed by atoms with van der Waals surface area (Å²) in [5.41, 5.74) is 3.81. The second kappa shape index (κ2) is 12.2. The van der Waals surface area contributed by atoms with E-state index in [4.69, 9.17) is 4.84 Å². The molecule has 1 fully saturated rings. The van der Waals surface area contributed by atoms with Crippen LogP contribution >= 0.6 is 11.3 Å². The van der Waals surface area contributed by atoms with Crippen molar-refractivity contribution in [1.29, 1.82) is 0 Å². The molecule has 2 unspecified atom stereocenters. The summed E-state index contributed by atoms with van der Waals surface area (Å²) in [6.07, 6.45) is 13.9. The molecular formula is C27H40N4O2S. The Morgan fingerprint density at radius 3 is 2.74 bits per heavy atom. The SMILES string of the molecule is CCCCCCCCCN1OC(CC)NC1c1ccc2c(c1)CC[C@H]2NC(=O)c1ncc(C)s1. The van der Waals surface area contributed by atoms with Crippen LogP contribution in [0.15, 0.2) is 24.4 Å². The van der Waals surface area contributed by atoms with Crippen molar-refractivity contribution in [3.8, 4) is 0 Å². The van der Waals surface area contributed by atoms with Crippen LogP contribution in [0.2, 0.25) is 0 Å². The van der Waals surface area contributed by atoms with E-state index in [2.05, 4.69) is 52.7 Å². The van der Waals surface area contributed by atoms with E-state index in [0.717, 1.165) is 37.1 Å². The molecule has 0 bridgehead atoms. The summed E-state index contributed by atoms with van der Waals surface area (Å²) < 4.78 is 0.